The molecule has 0 saturated carbocycles. The second-order valence-corrected chi connectivity index (χ2v) is 20.2. The topological polar surface area (TPSA) is 41.7 Å². The number of pyridine rings is 6. The number of aromatic nitrogens is 6. The SMILES string of the molecule is CO[B-]1(CCCCc2cc[n+]3c(c2)-c2cc(CCCC[B-]4(OC)[n+]5ccc(C)cc5-c5cc(C)cc[n+]54)cc[n+]2[B-]3(Br)c2ccc(C)cc2)[n+]2ccc(C)cc2-c2cc(C)cc[n+]21.[Br-].[Br-].[Br-]. The first-order valence-corrected chi connectivity index (χ1v) is 23.9. The van der Waals surface area contributed by atoms with Crippen molar-refractivity contribution in [1.82, 2.24) is 0 Å². The lowest BCUT2D eigenvalue weighted by Crippen LogP contribution is -3.00. The van der Waals surface area contributed by atoms with Crippen LogP contribution in [0.15, 0.2) is 134 Å². The molecule has 9 heterocycles. The highest BCUT2D eigenvalue weighted by molar-refractivity contribution is 9.25. The van der Waals surface area contributed by atoms with Gasteiger partial charge in [0.15, 0.2) is 0 Å². The summed E-state index contributed by atoms with van der Waals surface area (Å²) in [5.41, 5.74) is 17.7. The summed E-state index contributed by atoms with van der Waals surface area (Å²) in [4.78, 5) is 0. The van der Waals surface area contributed by atoms with E-state index in [2.05, 4.69) is 211 Å². The molecule has 0 atom stereocenters. The fourth-order valence-electron chi connectivity index (χ4n) is 11.4. The minimum atomic E-state index is -1.47. The summed E-state index contributed by atoms with van der Waals surface area (Å²) in [7, 11) is 3.76. The van der Waals surface area contributed by atoms with Crippen LogP contribution in [0.2, 0.25) is 12.6 Å². The summed E-state index contributed by atoms with van der Waals surface area (Å²) in [6, 6.07) is 36.6. The molecule has 0 saturated heterocycles. The van der Waals surface area contributed by atoms with Crippen LogP contribution in [0.1, 0.15) is 64.6 Å². The third-order valence-electron chi connectivity index (χ3n) is 14.8. The molecule has 1 aromatic carbocycles. The molecule has 8 nitrogen and oxygen atoms in total. The Hall–Kier alpha value is -3.85. The molecule has 66 heavy (non-hydrogen) atoms. The zero-order valence-corrected chi connectivity index (χ0v) is 45.4. The van der Waals surface area contributed by atoms with Crippen molar-refractivity contribution in [3.63, 3.8) is 0 Å². The van der Waals surface area contributed by atoms with Gasteiger partial charge in [0.1, 0.15) is 37.2 Å². The maximum absolute atomic E-state index is 6.55. The smallest absolute Gasteiger partial charge is 0.689 e. The average molecular weight is 1140 g/mol. The fourth-order valence-corrected chi connectivity index (χ4v) is 12.4. The molecule has 6 aromatic heterocycles. The predicted octanol–water partition coefficient (Wildman–Crippen LogP) is -2.45. The zero-order chi connectivity index (χ0) is 43.7. The van der Waals surface area contributed by atoms with Crippen LogP contribution < -0.4 is 83.3 Å². The number of aryl methyl sites for hydroxylation is 7. The normalized spacial score (nSPS) is 14.7. The molecule has 10 rings (SSSR count). The summed E-state index contributed by atoms with van der Waals surface area (Å²) in [5, 5.41) is -1.47. The Kier molecular flexibility index (Phi) is 14.9. The van der Waals surface area contributed by atoms with Crippen molar-refractivity contribution in [1.29, 1.82) is 0 Å². The Balaban J connectivity index is 0.00000216. The number of benzene rings is 1. The van der Waals surface area contributed by atoms with Gasteiger partial charge < -0.3 is 87.1 Å². The van der Waals surface area contributed by atoms with Crippen molar-refractivity contribution >= 4 is 39.7 Å². The molecule has 3 aliphatic rings. The van der Waals surface area contributed by atoms with Crippen LogP contribution in [0.3, 0.4) is 0 Å². The van der Waals surface area contributed by atoms with Crippen LogP contribution in [0.4, 0.5) is 0 Å². The number of halogens is 4. The Bertz CT molecular complexity index is 2680. The molecular formula is C51H59B3Br4N6O2. The molecule has 7 aromatic rings. The number of hydrogen-bond donors (Lipinski definition) is 0. The maximum atomic E-state index is 6.55. The molecule has 3 aliphatic heterocycles. The van der Waals surface area contributed by atoms with Crippen molar-refractivity contribution in [2.75, 3.05) is 14.2 Å². The third kappa shape index (κ3) is 8.21. The Morgan fingerprint density at radius 2 is 0.712 bits per heavy atom. The van der Waals surface area contributed by atoms with Crippen LogP contribution >= 0.6 is 15.8 Å². The van der Waals surface area contributed by atoms with E-state index in [1.165, 1.54) is 78.6 Å². The quantitative estimate of drug-likeness (QED) is 0.0954. The van der Waals surface area contributed by atoms with E-state index < -0.39 is 18.5 Å². The van der Waals surface area contributed by atoms with Gasteiger partial charge in [0.2, 0.25) is 34.2 Å². The van der Waals surface area contributed by atoms with Crippen molar-refractivity contribution < 1.29 is 87.1 Å². The van der Waals surface area contributed by atoms with Crippen molar-refractivity contribution in [2.45, 2.75) is 85.8 Å². The van der Waals surface area contributed by atoms with E-state index in [0.717, 1.165) is 51.2 Å². The lowest BCUT2D eigenvalue weighted by atomic mass is 9.60. The van der Waals surface area contributed by atoms with E-state index in [0.29, 0.717) is 0 Å². The lowest BCUT2D eigenvalue weighted by molar-refractivity contribution is -0.667. The van der Waals surface area contributed by atoms with Crippen molar-refractivity contribution in [3.8, 4) is 34.2 Å². The van der Waals surface area contributed by atoms with E-state index in [-0.39, 0.29) is 50.9 Å². The molecule has 0 aliphatic carbocycles. The first-order chi connectivity index (χ1) is 30.5. The Morgan fingerprint density at radius 3 is 1.05 bits per heavy atom. The highest BCUT2D eigenvalue weighted by Crippen LogP contribution is 2.30. The lowest BCUT2D eigenvalue weighted by Gasteiger charge is -2.22. The predicted molar refractivity (Wildman–Crippen MR) is 255 cm³/mol. The van der Waals surface area contributed by atoms with E-state index in [9.17, 15) is 0 Å². The molecule has 0 fully saturated rings. The molecule has 0 amide bonds. The molecule has 0 radical (unpaired) electrons. The third-order valence-corrected chi connectivity index (χ3v) is 16.2. The number of fused-ring (bicyclic) bond motifs is 9. The summed E-state index contributed by atoms with van der Waals surface area (Å²) in [6.07, 6.45) is 21.6. The monoisotopic (exact) mass is 1140 g/mol. The van der Waals surface area contributed by atoms with Crippen LogP contribution in [0, 0.1) is 34.6 Å². The highest BCUT2D eigenvalue weighted by atomic mass is 79.9. The van der Waals surface area contributed by atoms with Crippen LogP contribution in [0.5, 0.6) is 0 Å². The van der Waals surface area contributed by atoms with Gasteiger partial charge in [-0.05, 0) is 113 Å². The highest BCUT2D eigenvalue weighted by Gasteiger charge is 2.61. The van der Waals surface area contributed by atoms with Crippen LogP contribution in [0.25, 0.3) is 34.2 Å². The first kappa shape index (κ1) is 50.0. The van der Waals surface area contributed by atoms with Gasteiger partial charge in [-0.15, -0.1) is 0 Å². The van der Waals surface area contributed by atoms with E-state index in [1.54, 1.807) is 0 Å². The van der Waals surface area contributed by atoms with Gasteiger partial charge in [0, 0.05) is 72.8 Å². The fraction of sp³-hybridized carbons (Fsp3) is 0.294. The van der Waals surface area contributed by atoms with E-state index in [4.69, 9.17) is 9.31 Å². The number of rotatable bonds is 13. The molecule has 0 unspecified atom stereocenters. The van der Waals surface area contributed by atoms with Gasteiger partial charge in [-0.3, -0.25) is 0 Å². The molecule has 15 heteroatoms. The maximum Gasteiger partial charge on any atom is 0.689 e. The van der Waals surface area contributed by atoms with Crippen molar-refractivity contribution in [2.24, 2.45) is 0 Å². The summed E-state index contributed by atoms with van der Waals surface area (Å²) in [6.45, 7) is 7.92. The molecular weight excluding hydrogens is 1080 g/mol. The summed E-state index contributed by atoms with van der Waals surface area (Å²) < 4.78 is 27.6. The second-order valence-electron chi connectivity index (χ2n) is 18.9. The first-order valence-electron chi connectivity index (χ1n) is 23.0. The van der Waals surface area contributed by atoms with Gasteiger partial charge in [0.25, 0.3) is 0 Å². The summed E-state index contributed by atoms with van der Waals surface area (Å²) in [5.74, 6) is 0. The van der Waals surface area contributed by atoms with Gasteiger partial charge in [-0.2, -0.15) is 15.8 Å². The van der Waals surface area contributed by atoms with Gasteiger partial charge in [-0.25, -0.2) is 0 Å². The average Bonchev–Trinajstić information content (AvgIpc) is 3.81. The van der Waals surface area contributed by atoms with Crippen LogP contribution in [-0.4, -0.2) is 32.7 Å². The molecule has 0 N–H and O–H groups in total. The number of hydrogen-bond acceptors (Lipinski definition) is 2. The van der Waals surface area contributed by atoms with E-state index in [1.807, 2.05) is 14.2 Å². The van der Waals surface area contributed by atoms with Crippen LogP contribution in [-0.2, 0) is 22.2 Å². The van der Waals surface area contributed by atoms with Gasteiger partial charge in [-0.1, -0.05) is 55.5 Å². The summed E-state index contributed by atoms with van der Waals surface area (Å²) >= 11 is 4.38. The Morgan fingerprint density at radius 1 is 0.394 bits per heavy atom. The van der Waals surface area contributed by atoms with Gasteiger partial charge >= 0.3 is 18.5 Å². The van der Waals surface area contributed by atoms with E-state index >= 15 is 0 Å². The Labute approximate surface area is 430 Å². The van der Waals surface area contributed by atoms with Gasteiger partial charge in [0.05, 0.1) is 0 Å². The standard InChI is InChI=1S/C51H59B3BrN6O2.3BrH/c1-38-14-16-45(17-15-38)54(55)60-30-22-43(12-8-10-24-52(62-6)56-26-18-39(2)32-46(56)47-33-40(3)19-27-57(47)52)36-50(60)51-37-44(23-31-61(51)54)13-9-11-25-53(63-7)58-28-20-41(4)34-48(58)49-35-42(5)21-29-59(49)53;;;/h14-23,26-37H,8-13,24-25H2,1-7H3;3*1H/q+3;;;/p-3. The van der Waals surface area contributed by atoms with Crippen molar-refractivity contribution in [3.05, 3.63) is 173 Å². The molecule has 0 spiro atoms. The molecule has 342 valence electrons. The zero-order valence-electron chi connectivity index (χ0n) is 39.1. The second kappa shape index (κ2) is 19.6. The number of nitrogens with zero attached hydrogens (tertiary/aromatic N) is 6. The minimum Gasteiger partial charge on any atom is -1.00 e. The number of unbranched alkanes of at least 4 members (excludes halogenated alkanes) is 2. The largest absolute Gasteiger partial charge is 1.00 e. The minimum absolute atomic E-state index is 0. The molecule has 0 bridgehead atoms.